The predicted octanol–water partition coefficient (Wildman–Crippen LogP) is 2.35. The molecule has 0 saturated carbocycles. The number of amides is 5. The Kier molecular flexibility index (Phi) is 14.1. The number of benzene rings is 4. The van der Waals surface area contributed by atoms with Gasteiger partial charge in [0.05, 0.1) is 6.61 Å². The third kappa shape index (κ3) is 11.4. The summed E-state index contributed by atoms with van der Waals surface area (Å²) in [4.78, 5) is 68.9. The molecule has 4 aromatic carbocycles. The molecule has 1 aliphatic rings. The summed E-state index contributed by atoms with van der Waals surface area (Å²) in [6.07, 6.45) is 1.01. The van der Waals surface area contributed by atoms with Gasteiger partial charge < -0.3 is 42.4 Å². The first kappa shape index (κ1) is 38.9. The van der Waals surface area contributed by atoms with Crippen molar-refractivity contribution in [2.75, 3.05) is 25.1 Å². The van der Waals surface area contributed by atoms with Crippen molar-refractivity contribution in [2.45, 2.75) is 56.3 Å². The summed E-state index contributed by atoms with van der Waals surface area (Å²) in [5.74, 6) is -3.09. The molecule has 0 aromatic heterocycles. The molecule has 1 heterocycles. The lowest BCUT2D eigenvalue weighted by Gasteiger charge is -2.26. The van der Waals surface area contributed by atoms with E-state index in [0.717, 1.165) is 16.3 Å². The summed E-state index contributed by atoms with van der Waals surface area (Å²) < 4.78 is 5.89. The fraction of sp³-hybridized carbons (Fsp3) is 0.300. The minimum atomic E-state index is -1.17. The molecule has 5 amide bonds. The Morgan fingerprint density at radius 2 is 1.46 bits per heavy atom. The summed E-state index contributed by atoms with van der Waals surface area (Å²) in [5, 5.41) is 26.1. The van der Waals surface area contributed by atoms with E-state index >= 15 is 0 Å². The Morgan fingerprint density at radius 1 is 0.796 bits per heavy atom. The van der Waals surface area contributed by atoms with Crippen molar-refractivity contribution >= 4 is 52.0 Å². The summed E-state index contributed by atoms with van der Waals surface area (Å²) in [6, 6.07) is 26.1. The Balaban J connectivity index is 1.43. The highest BCUT2D eigenvalue weighted by atomic mass is 16.5. The first-order chi connectivity index (χ1) is 26.2. The van der Waals surface area contributed by atoms with Crippen LogP contribution in [0.25, 0.3) is 10.8 Å². The zero-order valence-electron chi connectivity index (χ0n) is 29.8. The number of hydrogen-bond acceptors (Lipinski definition) is 7. The molecular weight excluding hydrogens is 688 g/mol. The Bertz CT molecular complexity index is 1920. The van der Waals surface area contributed by atoms with Gasteiger partial charge in [-0.15, -0.1) is 0 Å². The van der Waals surface area contributed by atoms with Crippen LogP contribution in [0.1, 0.15) is 41.6 Å². The molecular formula is C40H46N8O6. The number of hydrogen-bond donors (Lipinski definition) is 8. The second-order valence-electron chi connectivity index (χ2n) is 13.0. The number of nitrogens with two attached hydrogens (primary N) is 1. The highest BCUT2D eigenvalue weighted by molar-refractivity contribution is 6.05. The minimum absolute atomic E-state index is 0.0783. The standard InChI is InChI=1S/C40H46N8O6/c41-40(42)43-22-10-20-31-37(51)45-32(36(50)44-30-19-9-17-27-14-7-8-18-29(27)30)21-11-23-54-25-34(48-35(49)28-15-5-2-6-16-28)39(53)47-33(38(52)46-31)24-26-12-3-1-4-13-26/h1-9,12-19,31-34H,10-11,20-25H2,(H,44,50)(H,45,51)(H,46,52)(H,47,53)(H,48,49)(H4,41,42,43)/t31-,32-,33+,34-/m0/s1. The molecule has 54 heavy (non-hydrogen) atoms. The van der Waals surface area contributed by atoms with E-state index in [1.54, 1.807) is 48.5 Å². The van der Waals surface area contributed by atoms with Crippen LogP contribution in [0.5, 0.6) is 0 Å². The molecule has 0 unspecified atom stereocenters. The molecule has 14 nitrogen and oxygen atoms in total. The van der Waals surface area contributed by atoms with Gasteiger partial charge in [0.15, 0.2) is 5.96 Å². The summed E-state index contributed by atoms with van der Waals surface area (Å²) in [6.45, 7) is 0.142. The number of ether oxygens (including phenoxy) is 1. The van der Waals surface area contributed by atoms with E-state index in [2.05, 4.69) is 31.9 Å². The van der Waals surface area contributed by atoms with E-state index < -0.39 is 53.7 Å². The summed E-state index contributed by atoms with van der Waals surface area (Å²) >= 11 is 0. The van der Waals surface area contributed by atoms with Crippen molar-refractivity contribution < 1.29 is 28.7 Å². The highest BCUT2D eigenvalue weighted by Crippen LogP contribution is 2.23. The molecule has 1 fully saturated rings. The van der Waals surface area contributed by atoms with E-state index in [0.29, 0.717) is 24.1 Å². The first-order valence-electron chi connectivity index (χ1n) is 17.9. The fourth-order valence-electron chi connectivity index (χ4n) is 6.10. The monoisotopic (exact) mass is 734 g/mol. The van der Waals surface area contributed by atoms with E-state index in [1.165, 1.54) is 0 Å². The van der Waals surface area contributed by atoms with Crippen LogP contribution in [-0.4, -0.2) is 79.4 Å². The number of carbonyl (C=O) groups excluding carboxylic acids is 5. The molecule has 4 atom stereocenters. The Morgan fingerprint density at radius 3 is 2.22 bits per heavy atom. The number of anilines is 1. The fourth-order valence-corrected chi connectivity index (χ4v) is 6.10. The lowest BCUT2D eigenvalue weighted by molar-refractivity contribution is -0.133. The van der Waals surface area contributed by atoms with E-state index in [1.807, 2.05) is 54.6 Å². The van der Waals surface area contributed by atoms with Crippen LogP contribution in [0.15, 0.2) is 103 Å². The highest BCUT2D eigenvalue weighted by Gasteiger charge is 2.32. The average molecular weight is 735 g/mol. The molecule has 4 aromatic rings. The van der Waals surface area contributed by atoms with Crippen LogP contribution in [0.4, 0.5) is 5.69 Å². The van der Waals surface area contributed by atoms with Gasteiger partial charge in [-0.3, -0.25) is 29.4 Å². The van der Waals surface area contributed by atoms with Crippen molar-refractivity contribution in [3.05, 3.63) is 114 Å². The van der Waals surface area contributed by atoms with Crippen LogP contribution in [0.3, 0.4) is 0 Å². The molecule has 9 N–H and O–H groups in total. The van der Waals surface area contributed by atoms with Crippen LogP contribution >= 0.6 is 0 Å². The van der Waals surface area contributed by atoms with E-state index in [9.17, 15) is 24.0 Å². The van der Waals surface area contributed by atoms with Crippen LogP contribution < -0.4 is 37.6 Å². The molecule has 0 bridgehead atoms. The molecule has 1 aliphatic heterocycles. The second-order valence-corrected chi connectivity index (χ2v) is 13.0. The zero-order valence-corrected chi connectivity index (χ0v) is 29.8. The molecule has 282 valence electrons. The lowest BCUT2D eigenvalue weighted by atomic mass is 10.0. The molecule has 14 heteroatoms. The topological polar surface area (TPSA) is 217 Å². The van der Waals surface area contributed by atoms with Gasteiger partial charge in [0.1, 0.15) is 24.2 Å². The van der Waals surface area contributed by atoms with E-state index in [-0.39, 0.29) is 45.0 Å². The normalized spacial score (nSPS) is 19.9. The molecule has 0 radical (unpaired) electrons. The van der Waals surface area contributed by atoms with Gasteiger partial charge in [-0.25, -0.2) is 0 Å². The van der Waals surface area contributed by atoms with Gasteiger partial charge in [-0.2, -0.15) is 0 Å². The predicted molar refractivity (Wildman–Crippen MR) is 205 cm³/mol. The zero-order chi connectivity index (χ0) is 38.3. The maximum atomic E-state index is 14.1. The number of rotatable bonds is 10. The third-order valence-electron chi connectivity index (χ3n) is 8.94. The van der Waals surface area contributed by atoms with Crippen LogP contribution in [-0.2, 0) is 30.3 Å². The van der Waals surface area contributed by atoms with Gasteiger partial charge in [0.25, 0.3) is 5.91 Å². The quantitative estimate of drug-likeness (QED) is 0.0686. The van der Waals surface area contributed by atoms with Crippen molar-refractivity contribution in [2.24, 2.45) is 5.73 Å². The second kappa shape index (κ2) is 19.5. The molecule has 5 rings (SSSR count). The SMILES string of the molecule is N=C(N)NCCC[C@@H]1NC(=O)[C@@H](Cc2ccccc2)NC(=O)[C@@H](NC(=O)c2ccccc2)COCCC[C@@H](C(=O)Nc2cccc3ccccc23)NC1=O. The van der Waals surface area contributed by atoms with Crippen LogP contribution in [0, 0.1) is 5.41 Å². The van der Waals surface area contributed by atoms with Gasteiger partial charge in [0.2, 0.25) is 23.6 Å². The van der Waals surface area contributed by atoms with Crippen molar-refractivity contribution in [1.82, 2.24) is 26.6 Å². The average Bonchev–Trinajstić information content (AvgIpc) is 3.18. The van der Waals surface area contributed by atoms with Gasteiger partial charge in [-0.05, 0) is 54.8 Å². The van der Waals surface area contributed by atoms with Gasteiger partial charge in [-0.1, -0.05) is 84.9 Å². The van der Waals surface area contributed by atoms with Gasteiger partial charge >= 0.3 is 0 Å². The van der Waals surface area contributed by atoms with Crippen molar-refractivity contribution in [3.63, 3.8) is 0 Å². The largest absolute Gasteiger partial charge is 0.379 e. The minimum Gasteiger partial charge on any atom is -0.379 e. The van der Waals surface area contributed by atoms with E-state index in [4.69, 9.17) is 15.9 Å². The van der Waals surface area contributed by atoms with Crippen molar-refractivity contribution in [1.29, 1.82) is 5.41 Å². The first-order valence-corrected chi connectivity index (χ1v) is 17.9. The summed E-state index contributed by atoms with van der Waals surface area (Å²) in [5.41, 5.74) is 7.11. The number of fused-ring (bicyclic) bond motifs is 1. The molecule has 0 aliphatic carbocycles. The number of carbonyl (C=O) groups is 5. The smallest absolute Gasteiger partial charge is 0.251 e. The van der Waals surface area contributed by atoms with Gasteiger partial charge in [0, 0.05) is 36.2 Å². The Labute approximate surface area is 313 Å². The maximum absolute atomic E-state index is 14.1. The third-order valence-corrected chi connectivity index (χ3v) is 8.94. The molecule has 1 saturated heterocycles. The van der Waals surface area contributed by atoms with Crippen molar-refractivity contribution in [3.8, 4) is 0 Å². The van der Waals surface area contributed by atoms with Crippen LogP contribution in [0.2, 0.25) is 0 Å². The lowest BCUT2D eigenvalue weighted by Crippen LogP contribution is -2.59. The molecule has 0 spiro atoms. The number of guanidine groups is 1. The summed E-state index contributed by atoms with van der Waals surface area (Å²) in [7, 11) is 0. The maximum Gasteiger partial charge on any atom is 0.251 e. The Hall–Kier alpha value is -6.28. The number of nitrogens with one attached hydrogen (secondary N) is 7.